The van der Waals surface area contributed by atoms with Crippen LogP contribution in [0.4, 0.5) is 0 Å². The Bertz CT molecular complexity index is 1400. The molecule has 1 N–H and O–H groups in total. The van der Waals surface area contributed by atoms with Gasteiger partial charge in [0, 0.05) is 31.2 Å². The highest BCUT2D eigenvalue weighted by atomic mass is 35.5. The van der Waals surface area contributed by atoms with E-state index in [-0.39, 0.29) is 35.2 Å². The maximum Gasteiger partial charge on any atom is 0.306 e. The number of aliphatic carboxylic acids is 1. The first-order chi connectivity index (χ1) is 20.8. The highest BCUT2D eigenvalue weighted by molar-refractivity contribution is 6.33. The topological polar surface area (TPSA) is 81.2 Å². The number of amides is 2. The van der Waals surface area contributed by atoms with E-state index in [0.717, 1.165) is 89.4 Å². The third-order valence-electron chi connectivity index (χ3n) is 11.6. The van der Waals surface area contributed by atoms with E-state index in [0.29, 0.717) is 35.2 Å². The predicted octanol–water partition coefficient (Wildman–Crippen LogP) is 6.06. The molecule has 4 aliphatic heterocycles. The van der Waals surface area contributed by atoms with Gasteiger partial charge >= 0.3 is 5.97 Å². The number of hydrogen-bond acceptors (Lipinski definition) is 4. The van der Waals surface area contributed by atoms with Crippen LogP contribution in [-0.2, 0) is 11.2 Å². The Morgan fingerprint density at radius 2 is 1.60 bits per heavy atom. The Morgan fingerprint density at radius 3 is 2.26 bits per heavy atom. The highest BCUT2D eigenvalue weighted by Crippen LogP contribution is 2.47. The number of hydrogen-bond donors (Lipinski definition) is 1. The van der Waals surface area contributed by atoms with Crippen LogP contribution in [0.5, 0.6) is 0 Å². The van der Waals surface area contributed by atoms with Gasteiger partial charge in [0.05, 0.1) is 22.5 Å². The number of likely N-dealkylation sites (tertiary alicyclic amines) is 1. The zero-order valence-corrected chi connectivity index (χ0v) is 25.6. The molecule has 2 bridgehead atoms. The van der Waals surface area contributed by atoms with Crippen molar-refractivity contribution < 1.29 is 19.5 Å². The second kappa shape index (κ2) is 11.6. The van der Waals surface area contributed by atoms with Crippen molar-refractivity contribution in [3.8, 4) is 0 Å². The van der Waals surface area contributed by atoms with Crippen molar-refractivity contribution in [3.63, 3.8) is 0 Å². The van der Waals surface area contributed by atoms with Gasteiger partial charge in [0.2, 0.25) is 0 Å². The zero-order chi connectivity index (χ0) is 29.7. The molecule has 2 aromatic carbocycles. The molecule has 4 heterocycles. The molecule has 1 saturated carbocycles. The zero-order valence-electron chi connectivity index (χ0n) is 24.8. The van der Waals surface area contributed by atoms with Crippen molar-refractivity contribution in [1.29, 1.82) is 0 Å². The van der Waals surface area contributed by atoms with Crippen LogP contribution < -0.4 is 0 Å². The number of benzene rings is 2. The molecule has 1 spiro atoms. The van der Waals surface area contributed by atoms with Crippen molar-refractivity contribution >= 4 is 29.4 Å². The molecule has 0 aromatic heterocycles. The van der Waals surface area contributed by atoms with E-state index in [9.17, 15) is 19.5 Å². The molecule has 0 radical (unpaired) electrons. The van der Waals surface area contributed by atoms with Gasteiger partial charge in [0.1, 0.15) is 0 Å². The summed E-state index contributed by atoms with van der Waals surface area (Å²) in [6.07, 6.45) is 9.25. The summed E-state index contributed by atoms with van der Waals surface area (Å²) in [7, 11) is 0. The number of carbonyl (C=O) groups excluding carboxylic acids is 2. The van der Waals surface area contributed by atoms with E-state index >= 15 is 0 Å². The lowest BCUT2D eigenvalue weighted by Crippen LogP contribution is -2.59. The second-order valence-corrected chi connectivity index (χ2v) is 14.2. The van der Waals surface area contributed by atoms with Crippen LogP contribution in [0.1, 0.15) is 95.7 Å². The van der Waals surface area contributed by atoms with Crippen molar-refractivity contribution in [3.05, 3.63) is 69.7 Å². The van der Waals surface area contributed by atoms with Gasteiger partial charge < -0.3 is 19.8 Å². The molecule has 8 rings (SSSR count). The largest absolute Gasteiger partial charge is 0.481 e. The van der Waals surface area contributed by atoms with Crippen molar-refractivity contribution in [2.45, 2.75) is 76.3 Å². The van der Waals surface area contributed by atoms with E-state index in [4.69, 9.17) is 11.6 Å². The average molecular weight is 604 g/mol. The molecule has 43 heavy (non-hydrogen) atoms. The molecule has 2 aromatic rings. The molecule has 0 unspecified atom stereocenters. The fourth-order valence-electron chi connectivity index (χ4n) is 8.89. The maximum absolute atomic E-state index is 14.3. The SMILES string of the molecule is O=C(O)C1CCC2(CC1)CCN(C(=O)c1ccc3c(c1)[C@H](N(C(=O)c1ccccc1Cl)[C@H]1CN4CCC1CC4)CC3)CC2. The third kappa shape index (κ3) is 5.37. The van der Waals surface area contributed by atoms with Gasteiger partial charge in [-0.15, -0.1) is 0 Å². The molecular weight excluding hydrogens is 562 g/mol. The second-order valence-electron chi connectivity index (χ2n) is 13.8. The van der Waals surface area contributed by atoms with Crippen LogP contribution >= 0.6 is 11.6 Å². The minimum Gasteiger partial charge on any atom is -0.481 e. The van der Waals surface area contributed by atoms with Crippen molar-refractivity contribution in [2.75, 3.05) is 32.7 Å². The van der Waals surface area contributed by atoms with Crippen LogP contribution in [0.3, 0.4) is 0 Å². The molecule has 2 amide bonds. The summed E-state index contributed by atoms with van der Waals surface area (Å²) in [5.41, 5.74) is 3.78. The summed E-state index contributed by atoms with van der Waals surface area (Å²) in [6, 6.07) is 13.6. The number of halogens is 1. The summed E-state index contributed by atoms with van der Waals surface area (Å²) in [5, 5.41) is 9.89. The van der Waals surface area contributed by atoms with E-state index < -0.39 is 5.97 Å². The summed E-state index contributed by atoms with van der Waals surface area (Å²) in [5.74, 6) is -0.336. The fraction of sp³-hybridized carbons (Fsp3) is 0.571. The van der Waals surface area contributed by atoms with Gasteiger partial charge in [-0.05, 0) is 124 Å². The normalized spacial score (nSPS) is 28.1. The molecule has 2 aliphatic carbocycles. The lowest BCUT2D eigenvalue weighted by Gasteiger charge is -2.51. The van der Waals surface area contributed by atoms with E-state index in [2.05, 4.69) is 21.9 Å². The van der Waals surface area contributed by atoms with Crippen LogP contribution in [0, 0.1) is 17.3 Å². The Hall–Kier alpha value is -2.90. The van der Waals surface area contributed by atoms with Gasteiger partial charge in [-0.25, -0.2) is 0 Å². The Kier molecular flexibility index (Phi) is 7.75. The number of carboxylic acid groups (broad SMARTS) is 1. The molecule has 7 nitrogen and oxygen atoms in total. The molecule has 4 saturated heterocycles. The molecule has 2 atom stereocenters. The smallest absolute Gasteiger partial charge is 0.306 e. The van der Waals surface area contributed by atoms with Gasteiger partial charge in [-0.3, -0.25) is 14.4 Å². The van der Waals surface area contributed by atoms with Gasteiger partial charge in [-0.2, -0.15) is 0 Å². The number of fused-ring (bicyclic) bond motifs is 4. The predicted molar refractivity (Wildman–Crippen MR) is 165 cm³/mol. The molecule has 5 fully saturated rings. The van der Waals surface area contributed by atoms with Crippen LogP contribution in [-0.4, -0.2) is 76.4 Å². The summed E-state index contributed by atoms with van der Waals surface area (Å²) in [6.45, 7) is 4.54. The Labute approximate surface area is 259 Å². The number of rotatable bonds is 5. The van der Waals surface area contributed by atoms with Gasteiger partial charge in [0.15, 0.2) is 0 Å². The van der Waals surface area contributed by atoms with Crippen LogP contribution in [0.25, 0.3) is 0 Å². The molecule has 8 heteroatoms. The highest BCUT2D eigenvalue weighted by Gasteiger charge is 2.45. The van der Waals surface area contributed by atoms with E-state index in [1.807, 2.05) is 29.2 Å². The number of carbonyl (C=O) groups is 3. The van der Waals surface area contributed by atoms with Crippen molar-refractivity contribution in [2.24, 2.45) is 17.3 Å². The number of carboxylic acids is 1. The lowest BCUT2D eigenvalue weighted by atomic mass is 9.65. The van der Waals surface area contributed by atoms with Crippen LogP contribution in [0.2, 0.25) is 5.02 Å². The Balaban J connectivity index is 1.12. The standard InChI is InChI=1S/C35H42ClN3O4/c36-29-4-2-1-3-27(29)33(41)39(31-22-37-17-11-24(31)12-18-37)30-8-7-23-5-6-26(21-28(23)30)32(40)38-19-15-35(16-20-38)13-9-25(10-14-35)34(42)43/h1-6,21,24-25,30-31H,7-20,22H2,(H,42,43)/t30-,31+/m1/s1. The first-order valence-electron chi connectivity index (χ1n) is 16.3. The minimum absolute atomic E-state index is 0.00197. The molecular formula is C35H42ClN3O4. The quantitative estimate of drug-likeness (QED) is 0.449. The first-order valence-corrected chi connectivity index (χ1v) is 16.6. The van der Waals surface area contributed by atoms with E-state index in [1.54, 1.807) is 6.07 Å². The number of nitrogens with zero attached hydrogens (tertiary/aromatic N) is 3. The maximum atomic E-state index is 14.3. The fourth-order valence-corrected chi connectivity index (χ4v) is 9.11. The Morgan fingerprint density at radius 1 is 0.884 bits per heavy atom. The first kappa shape index (κ1) is 28.8. The van der Waals surface area contributed by atoms with Gasteiger partial charge in [-0.1, -0.05) is 29.8 Å². The summed E-state index contributed by atoms with van der Waals surface area (Å²) >= 11 is 6.58. The minimum atomic E-state index is -0.669. The molecule has 228 valence electrons. The summed E-state index contributed by atoms with van der Waals surface area (Å²) in [4.78, 5) is 46.2. The lowest BCUT2D eigenvalue weighted by molar-refractivity contribution is -0.144. The monoisotopic (exact) mass is 603 g/mol. The van der Waals surface area contributed by atoms with E-state index in [1.165, 1.54) is 5.56 Å². The van der Waals surface area contributed by atoms with Gasteiger partial charge in [0.25, 0.3) is 11.8 Å². The van der Waals surface area contributed by atoms with Crippen LogP contribution in [0.15, 0.2) is 42.5 Å². The van der Waals surface area contributed by atoms with Crippen molar-refractivity contribution in [1.82, 2.24) is 14.7 Å². The molecule has 6 aliphatic rings. The third-order valence-corrected chi connectivity index (χ3v) is 11.9. The number of aryl methyl sites for hydroxylation is 1. The number of piperidine rings is 4. The summed E-state index contributed by atoms with van der Waals surface area (Å²) < 4.78 is 0. The average Bonchev–Trinajstić information content (AvgIpc) is 3.45.